The van der Waals surface area contributed by atoms with E-state index in [9.17, 15) is 19.8 Å². The fourth-order valence-electron chi connectivity index (χ4n) is 9.08. The summed E-state index contributed by atoms with van der Waals surface area (Å²) in [5.41, 5.74) is 0. The number of hydrogen-bond donors (Lipinski definition) is 3. The van der Waals surface area contributed by atoms with Crippen molar-refractivity contribution in [1.29, 1.82) is 0 Å². The Kier molecular flexibility index (Phi) is 54.0. The predicted molar refractivity (Wildman–Crippen MR) is 296 cm³/mol. The number of unbranched alkanes of at least 4 members (excludes halogenated alkanes) is 34. The van der Waals surface area contributed by atoms with Crippen molar-refractivity contribution in [3.05, 3.63) is 48.6 Å². The number of rotatable bonds is 54. The lowest BCUT2D eigenvalue weighted by Crippen LogP contribution is -2.46. The lowest BCUT2D eigenvalue weighted by molar-refractivity contribution is -0.151. The van der Waals surface area contributed by atoms with Gasteiger partial charge in [0, 0.05) is 6.42 Å². The summed E-state index contributed by atoms with van der Waals surface area (Å²) in [6.07, 6.45) is 68.9. The molecule has 398 valence electrons. The van der Waals surface area contributed by atoms with Crippen molar-refractivity contribution in [3.8, 4) is 0 Å². The van der Waals surface area contributed by atoms with Gasteiger partial charge in [0.25, 0.3) is 0 Å². The van der Waals surface area contributed by atoms with Crippen molar-refractivity contribution in [3.63, 3.8) is 0 Å². The molecule has 0 bridgehead atoms. The standard InChI is InChI=1S/C62H115NO5/c1-4-7-10-13-16-19-22-25-27-29-30-32-34-37-40-43-46-49-52-55-62(67)68-58(53-50-47-44-41-38-35-24-21-18-15-12-9-6-3)56-61(66)63-59(57-64)60(65)54-51-48-45-42-39-36-33-31-28-26-23-20-17-14-11-8-5-2/h16,19,21,24-25,27,30,32,58-60,64-65H,4-15,17-18,20,22-23,26,28-29,31,33-57H2,1-3H3,(H,63,66)/b19-16-,24-21-,27-25-,32-30-. The van der Waals surface area contributed by atoms with Crippen molar-refractivity contribution in [1.82, 2.24) is 5.32 Å². The number of aliphatic hydroxyl groups is 2. The van der Waals surface area contributed by atoms with Crippen LogP contribution in [-0.2, 0) is 14.3 Å². The largest absolute Gasteiger partial charge is 0.462 e. The molecule has 0 aromatic carbocycles. The summed E-state index contributed by atoms with van der Waals surface area (Å²) in [5.74, 6) is -0.485. The van der Waals surface area contributed by atoms with Gasteiger partial charge in [0.05, 0.1) is 25.2 Å². The number of ether oxygens (including phenoxy) is 1. The second-order valence-corrected chi connectivity index (χ2v) is 20.4. The molecule has 0 aliphatic carbocycles. The second-order valence-electron chi connectivity index (χ2n) is 20.4. The van der Waals surface area contributed by atoms with Gasteiger partial charge in [0.2, 0.25) is 5.91 Å². The van der Waals surface area contributed by atoms with Crippen LogP contribution in [0.2, 0.25) is 0 Å². The maximum atomic E-state index is 13.3. The Bertz CT molecular complexity index is 1160. The SMILES string of the molecule is CCCCC/C=C\C/C=C\C/C=C\CCCCCCCCC(=O)OC(CCCCCCC/C=C\CCCCCC)CC(=O)NC(CO)C(O)CCCCCCCCCCCCCCCCCCC. The summed E-state index contributed by atoms with van der Waals surface area (Å²) in [6.45, 7) is 6.47. The molecule has 3 atom stereocenters. The topological polar surface area (TPSA) is 95.9 Å². The molecule has 0 aliphatic heterocycles. The van der Waals surface area contributed by atoms with E-state index in [1.165, 1.54) is 186 Å². The molecule has 68 heavy (non-hydrogen) atoms. The van der Waals surface area contributed by atoms with Gasteiger partial charge in [-0.25, -0.2) is 0 Å². The van der Waals surface area contributed by atoms with Gasteiger partial charge >= 0.3 is 5.97 Å². The summed E-state index contributed by atoms with van der Waals surface area (Å²) in [5, 5.41) is 23.9. The molecule has 6 heteroatoms. The first-order valence-corrected chi connectivity index (χ1v) is 29.9. The lowest BCUT2D eigenvalue weighted by Gasteiger charge is -2.24. The Morgan fingerprint density at radius 1 is 0.426 bits per heavy atom. The minimum atomic E-state index is -0.793. The van der Waals surface area contributed by atoms with Crippen LogP contribution in [0.5, 0.6) is 0 Å². The van der Waals surface area contributed by atoms with Gasteiger partial charge < -0.3 is 20.3 Å². The van der Waals surface area contributed by atoms with E-state index in [-0.39, 0.29) is 24.9 Å². The van der Waals surface area contributed by atoms with Crippen LogP contribution in [-0.4, -0.2) is 46.9 Å². The number of carbonyl (C=O) groups is 2. The minimum absolute atomic E-state index is 0.0679. The number of esters is 1. The quantitative estimate of drug-likeness (QED) is 0.0321. The van der Waals surface area contributed by atoms with Crippen LogP contribution in [0.15, 0.2) is 48.6 Å². The number of nitrogens with one attached hydrogen (secondary N) is 1. The van der Waals surface area contributed by atoms with Crippen LogP contribution >= 0.6 is 0 Å². The molecular weight excluding hydrogens is 839 g/mol. The molecule has 0 spiro atoms. The van der Waals surface area contributed by atoms with Gasteiger partial charge in [-0.05, 0) is 89.9 Å². The average molecular weight is 955 g/mol. The first kappa shape index (κ1) is 65.8. The molecule has 1 amide bonds. The molecule has 3 unspecified atom stereocenters. The molecule has 0 aliphatic rings. The average Bonchev–Trinajstić information content (AvgIpc) is 3.33. The Morgan fingerprint density at radius 3 is 1.19 bits per heavy atom. The summed E-state index contributed by atoms with van der Waals surface area (Å²) in [4.78, 5) is 26.3. The van der Waals surface area contributed by atoms with E-state index >= 15 is 0 Å². The fraction of sp³-hybridized carbons (Fsp3) is 0.839. The van der Waals surface area contributed by atoms with Crippen LogP contribution in [0.1, 0.15) is 310 Å². The van der Waals surface area contributed by atoms with Crippen LogP contribution in [0.4, 0.5) is 0 Å². The first-order chi connectivity index (χ1) is 33.5. The maximum absolute atomic E-state index is 13.3. The van der Waals surface area contributed by atoms with Gasteiger partial charge in [-0.3, -0.25) is 9.59 Å². The molecule has 0 radical (unpaired) electrons. The third-order valence-electron chi connectivity index (χ3n) is 13.6. The van der Waals surface area contributed by atoms with Crippen molar-refractivity contribution in [2.75, 3.05) is 6.61 Å². The lowest BCUT2D eigenvalue weighted by atomic mass is 10.0. The Hall–Kier alpha value is -2.18. The Morgan fingerprint density at radius 2 is 0.750 bits per heavy atom. The number of amides is 1. The highest BCUT2D eigenvalue weighted by molar-refractivity contribution is 5.77. The first-order valence-electron chi connectivity index (χ1n) is 29.9. The summed E-state index contributed by atoms with van der Waals surface area (Å²) in [6, 6.07) is -0.708. The van der Waals surface area contributed by atoms with Gasteiger partial charge in [0.1, 0.15) is 6.10 Å². The van der Waals surface area contributed by atoms with E-state index in [1.54, 1.807) is 0 Å². The van der Waals surface area contributed by atoms with Gasteiger partial charge in [-0.15, -0.1) is 0 Å². The zero-order chi connectivity index (χ0) is 49.5. The van der Waals surface area contributed by atoms with E-state index in [0.717, 1.165) is 77.0 Å². The number of hydrogen-bond acceptors (Lipinski definition) is 5. The third kappa shape index (κ3) is 50.2. The highest BCUT2D eigenvalue weighted by Gasteiger charge is 2.24. The monoisotopic (exact) mass is 954 g/mol. The zero-order valence-electron chi connectivity index (χ0n) is 45.5. The van der Waals surface area contributed by atoms with Crippen molar-refractivity contribution < 1.29 is 24.5 Å². The smallest absolute Gasteiger partial charge is 0.306 e. The van der Waals surface area contributed by atoms with E-state index < -0.39 is 18.2 Å². The molecule has 0 saturated heterocycles. The zero-order valence-corrected chi connectivity index (χ0v) is 45.5. The van der Waals surface area contributed by atoms with E-state index in [4.69, 9.17) is 4.74 Å². The van der Waals surface area contributed by atoms with Crippen LogP contribution in [0.25, 0.3) is 0 Å². The molecule has 3 N–H and O–H groups in total. The van der Waals surface area contributed by atoms with Crippen LogP contribution in [0, 0.1) is 0 Å². The predicted octanol–water partition coefficient (Wildman–Crippen LogP) is 18.6. The molecule has 0 fully saturated rings. The third-order valence-corrected chi connectivity index (χ3v) is 13.6. The van der Waals surface area contributed by atoms with E-state index in [2.05, 4.69) is 74.7 Å². The van der Waals surface area contributed by atoms with Crippen molar-refractivity contribution in [2.24, 2.45) is 0 Å². The summed E-state index contributed by atoms with van der Waals surface area (Å²) >= 11 is 0. The number of aliphatic hydroxyl groups excluding tert-OH is 2. The van der Waals surface area contributed by atoms with E-state index in [1.807, 2.05) is 0 Å². The molecule has 0 aromatic heterocycles. The summed E-state index contributed by atoms with van der Waals surface area (Å²) in [7, 11) is 0. The van der Waals surface area contributed by atoms with Gasteiger partial charge in [-0.2, -0.15) is 0 Å². The van der Waals surface area contributed by atoms with Gasteiger partial charge in [-0.1, -0.05) is 256 Å². The minimum Gasteiger partial charge on any atom is -0.462 e. The highest BCUT2D eigenvalue weighted by atomic mass is 16.5. The summed E-state index contributed by atoms with van der Waals surface area (Å²) < 4.78 is 5.96. The number of allylic oxidation sites excluding steroid dienone is 8. The van der Waals surface area contributed by atoms with Crippen molar-refractivity contribution in [2.45, 2.75) is 328 Å². The molecule has 0 heterocycles. The molecular formula is C62H115NO5. The van der Waals surface area contributed by atoms with E-state index in [0.29, 0.717) is 19.3 Å². The highest BCUT2D eigenvalue weighted by Crippen LogP contribution is 2.18. The Balaban J connectivity index is 4.51. The fourth-order valence-corrected chi connectivity index (χ4v) is 9.08. The normalized spacial score (nSPS) is 13.4. The second kappa shape index (κ2) is 55.7. The maximum Gasteiger partial charge on any atom is 0.306 e. The number of carbonyl (C=O) groups excluding carboxylic acids is 2. The van der Waals surface area contributed by atoms with Gasteiger partial charge in [0.15, 0.2) is 0 Å². The molecule has 0 saturated carbocycles. The molecule has 0 rings (SSSR count). The van der Waals surface area contributed by atoms with Crippen LogP contribution < -0.4 is 5.32 Å². The van der Waals surface area contributed by atoms with Crippen LogP contribution in [0.3, 0.4) is 0 Å². The van der Waals surface area contributed by atoms with Crippen molar-refractivity contribution >= 4 is 11.9 Å². The Labute approximate surface area is 423 Å². The molecule has 0 aromatic rings. The molecule has 6 nitrogen and oxygen atoms in total.